The summed E-state index contributed by atoms with van der Waals surface area (Å²) in [5, 5.41) is 31.0. The van der Waals surface area contributed by atoms with Crippen LogP contribution in [0.4, 0.5) is 4.79 Å². The molecule has 0 saturated carbocycles. The van der Waals surface area contributed by atoms with Crippen LogP contribution in [0.3, 0.4) is 0 Å². The molecular formula is C9H16N2O5. The zero-order valence-electron chi connectivity index (χ0n) is 8.74. The van der Waals surface area contributed by atoms with Gasteiger partial charge in [-0.1, -0.05) is 0 Å². The Hall–Kier alpha value is -0.890. The minimum absolute atomic E-state index is 0.122. The topological polar surface area (TPSA) is 102 Å². The minimum Gasteiger partial charge on any atom is -0.394 e. The first-order chi connectivity index (χ1) is 7.65. The second kappa shape index (κ2) is 4.54. The zero-order chi connectivity index (χ0) is 11.7. The lowest BCUT2D eigenvalue weighted by atomic mass is 9.97. The average Bonchev–Trinajstić information content (AvgIpc) is 2.69. The fourth-order valence-electron chi connectivity index (χ4n) is 2.10. The summed E-state index contributed by atoms with van der Waals surface area (Å²) >= 11 is 0. The summed E-state index contributed by atoms with van der Waals surface area (Å²) in [7, 11) is 0. The summed E-state index contributed by atoms with van der Waals surface area (Å²) < 4.78 is 5.20. The van der Waals surface area contributed by atoms with E-state index in [9.17, 15) is 15.0 Å². The first-order valence-corrected chi connectivity index (χ1v) is 5.28. The Balaban J connectivity index is 2.04. The van der Waals surface area contributed by atoms with Crippen molar-refractivity contribution in [3.63, 3.8) is 0 Å². The number of ether oxygens (including phenoxy) is 1. The van der Waals surface area contributed by atoms with Crippen molar-refractivity contribution in [3.05, 3.63) is 0 Å². The molecule has 2 heterocycles. The minimum atomic E-state index is -1.17. The molecule has 0 radical (unpaired) electrons. The molecule has 2 rings (SSSR count). The standard InChI is InChI=1S/C9H16N2O5/c12-3-6-8(14)7(13)5(4-16-6)11-2-1-10-9(11)15/h5-8,12-14H,1-4H2,(H,10,15)/t5-,6-,7-,8+/m1/s1. The molecule has 2 aliphatic heterocycles. The highest BCUT2D eigenvalue weighted by Gasteiger charge is 2.43. The van der Waals surface area contributed by atoms with E-state index in [4.69, 9.17) is 9.84 Å². The molecule has 0 aliphatic carbocycles. The van der Waals surface area contributed by atoms with Gasteiger partial charge in [0.2, 0.25) is 0 Å². The lowest BCUT2D eigenvalue weighted by molar-refractivity contribution is -0.174. The summed E-state index contributed by atoms with van der Waals surface area (Å²) in [4.78, 5) is 12.8. The van der Waals surface area contributed by atoms with Crippen molar-refractivity contribution in [3.8, 4) is 0 Å². The smallest absolute Gasteiger partial charge is 0.317 e. The van der Waals surface area contributed by atoms with E-state index in [-0.39, 0.29) is 19.2 Å². The van der Waals surface area contributed by atoms with Gasteiger partial charge in [0.25, 0.3) is 0 Å². The Morgan fingerprint density at radius 2 is 2.19 bits per heavy atom. The first kappa shape index (κ1) is 11.6. The van der Waals surface area contributed by atoms with E-state index in [0.717, 1.165) is 0 Å². The number of aliphatic hydroxyl groups is 3. The molecule has 2 aliphatic rings. The van der Waals surface area contributed by atoms with Crippen LogP contribution in [0.25, 0.3) is 0 Å². The predicted molar refractivity (Wildman–Crippen MR) is 52.7 cm³/mol. The second-order valence-electron chi connectivity index (χ2n) is 4.03. The average molecular weight is 232 g/mol. The van der Waals surface area contributed by atoms with E-state index in [1.54, 1.807) is 0 Å². The largest absolute Gasteiger partial charge is 0.394 e. The second-order valence-corrected chi connectivity index (χ2v) is 4.03. The van der Waals surface area contributed by atoms with Crippen LogP contribution in [0.2, 0.25) is 0 Å². The molecule has 2 amide bonds. The quantitative estimate of drug-likeness (QED) is 0.421. The Labute approximate surface area is 92.6 Å². The number of carbonyl (C=O) groups is 1. The third-order valence-corrected chi connectivity index (χ3v) is 3.08. The van der Waals surface area contributed by atoms with Crippen molar-refractivity contribution in [2.45, 2.75) is 24.4 Å². The molecule has 0 aromatic carbocycles. The van der Waals surface area contributed by atoms with Crippen molar-refractivity contribution in [1.82, 2.24) is 10.2 Å². The normalized spacial score (nSPS) is 39.9. The van der Waals surface area contributed by atoms with Gasteiger partial charge in [0.15, 0.2) is 0 Å². The van der Waals surface area contributed by atoms with E-state index < -0.39 is 24.4 Å². The van der Waals surface area contributed by atoms with Gasteiger partial charge in [0, 0.05) is 13.1 Å². The lowest BCUT2D eigenvalue weighted by Crippen LogP contribution is -2.60. The summed E-state index contributed by atoms with van der Waals surface area (Å²) in [5.41, 5.74) is 0. The molecule has 0 spiro atoms. The molecule has 0 unspecified atom stereocenters. The molecule has 7 heteroatoms. The van der Waals surface area contributed by atoms with Crippen LogP contribution >= 0.6 is 0 Å². The number of hydrogen-bond acceptors (Lipinski definition) is 5. The summed E-state index contributed by atoms with van der Waals surface area (Å²) in [6.07, 6.45) is -3.04. The molecule has 2 fully saturated rings. The van der Waals surface area contributed by atoms with Crippen molar-refractivity contribution in [2.24, 2.45) is 0 Å². The van der Waals surface area contributed by atoms with Gasteiger partial charge < -0.3 is 30.3 Å². The van der Waals surface area contributed by atoms with Gasteiger partial charge in [-0.15, -0.1) is 0 Å². The van der Waals surface area contributed by atoms with Gasteiger partial charge in [0.05, 0.1) is 19.3 Å². The van der Waals surface area contributed by atoms with Crippen molar-refractivity contribution < 1.29 is 24.9 Å². The van der Waals surface area contributed by atoms with E-state index >= 15 is 0 Å². The summed E-state index contributed by atoms with van der Waals surface area (Å²) in [6, 6.07) is -0.817. The van der Waals surface area contributed by atoms with Crippen molar-refractivity contribution >= 4 is 6.03 Å². The van der Waals surface area contributed by atoms with E-state index in [1.807, 2.05) is 0 Å². The number of carbonyl (C=O) groups excluding carboxylic acids is 1. The maximum Gasteiger partial charge on any atom is 0.317 e. The van der Waals surface area contributed by atoms with Gasteiger partial charge >= 0.3 is 6.03 Å². The van der Waals surface area contributed by atoms with Gasteiger partial charge in [-0.05, 0) is 0 Å². The maximum absolute atomic E-state index is 11.4. The number of amides is 2. The lowest BCUT2D eigenvalue weighted by Gasteiger charge is -2.40. The molecular weight excluding hydrogens is 216 g/mol. The Kier molecular flexibility index (Phi) is 3.29. The summed E-state index contributed by atoms with van der Waals surface area (Å²) in [5.74, 6) is 0. The van der Waals surface area contributed by atoms with Crippen molar-refractivity contribution in [1.29, 1.82) is 0 Å². The highest BCUT2D eigenvalue weighted by atomic mass is 16.5. The predicted octanol–water partition coefficient (Wildman–Crippen LogP) is -2.51. The molecule has 0 bridgehead atoms. The fraction of sp³-hybridized carbons (Fsp3) is 0.889. The van der Waals surface area contributed by atoms with E-state index in [1.165, 1.54) is 4.90 Å². The highest BCUT2D eigenvalue weighted by molar-refractivity contribution is 5.76. The number of nitrogens with zero attached hydrogens (tertiary/aromatic N) is 1. The van der Waals surface area contributed by atoms with Gasteiger partial charge in [-0.25, -0.2) is 4.79 Å². The molecule has 7 nitrogen and oxygen atoms in total. The molecule has 92 valence electrons. The zero-order valence-corrected chi connectivity index (χ0v) is 8.74. The Bertz CT molecular complexity index is 275. The maximum atomic E-state index is 11.4. The Morgan fingerprint density at radius 3 is 2.75 bits per heavy atom. The van der Waals surface area contributed by atoms with Gasteiger partial charge in [-0.3, -0.25) is 0 Å². The van der Waals surface area contributed by atoms with Crippen molar-refractivity contribution in [2.75, 3.05) is 26.3 Å². The van der Waals surface area contributed by atoms with Crippen LogP contribution in [0.1, 0.15) is 0 Å². The SMILES string of the molecule is O=C1NCCN1[C@@H]1CO[C@H](CO)[C@H](O)[C@@H]1O. The molecule has 0 aromatic heterocycles. The molecule has 2 saturated heterocycles. The third kappa shape index (κ3) is 1.86. The van der Waals surface area contributed by atoms with Crippen LogP contribution in [0.15, 0.2) is 0 Å². The Morgan fingerprint density at radius 1 is 1.44 bits per heavy atom. The third-order valence-electron chi connectivity index (χ3n) is 3.08. The number of hydrogen-bond donors (Lipinski definition) is 4. The molecule has 4 N–H and O–H groups in total. The highest BCUT2D eigenvalue weighted by Crippen LogP contribution is 2.20. The summed E-state index contributed by atoms with van der Waals surface area (Å²) in [6.45, 7) is 0.788. The van der Waals surface area contributed by atoms with E-state index in [0.29, 0.717) is 13.1 Å². The van der Waals surface area contributed by atoms with Gasteiger partial charge in [-0.2, -0.15) is 0 Å². The molecule has 0 aromatic rings. The van der Waals surface area contributed by atoms with Crippen LogP contribution in [-0.4, -0.2) is 76.9 Å². The van der Waals surface area contributed by atoms with Crippen LogP contribution in [0, 0.1) is 0 Å². The number of nitrogens with one attached hydrogen (secondary N) is 1. The molecule has 16 heavy (non-hydrogen) atoms. The van der Waals surface area contributed by atoms with Crippen LogP contribution in [0.5, 0.6) is 0 Å². The monoisotopic (exact) mass is 232 g/mol. The van der Waals surface area contributed by atoms with Crippen LogP contribution in [-0.2, 0) is 4.74 Å². The number of aliphatic hydroxyl groups excluding tert-OH is 3. The first-order valence-electron chi connectivity index (χ1n) is 5.28. The number of rotatable bonds is 2. The van der Waals surface area contributed by atoms with Crippen LogP contribution < -0.4 is 5.32 Å². The fourth-order valence-corrected chi connectivity index (χ4v) is 2.10. The number of urea groups is 1. The molecule has 4 atom stereocenters. The van der Waals surface area contributed by atoms with E-state index in [2.05, 4.69) is 5.32 Å². The van der Waals surface area contributed by atoms with Gasteiger partial charge in [0.1, 0.15) is 18.3 Å².